The summed E-state index contributed by atoms with van der Waals surface area (Å²) in [5.74, 6) is 0.420. The number of primary amides is 1. The predicted octanol–water partition coefficient (Wildman–Crippen LogP) is 1.26. The summed E-state index contributed by atoms with van der Waals surface area (Å²) in [5, 5.41) is 13.3. The number of amides is 1. The van der Waals surface area contributed by atoms with Crippen molar-refractivity contribution in [3.8, 4) is 0 Å². The lowest BCUT2D eigenvalue weighted by molar-refractivity contribution is -0.385. The molecule has 1 aromatic rings. The summed E-state index contributed by atoms with van der Waals surface area (Å²) in [7, 11) is 0. The molecule has 8 nitrogen and oxygen atoms in total. The predicted molar refractivity (Wildman–Crippen MR) is 62.6 cm³/mol. The number of rotatable bonds is 5. The van der Waals surface area contributed by atoms with Gasteiger partial charge in [-0.3, -0.25) is 10.1 Å². The van der Waals surface area contributed by atoms with Crippen LogP contribution in [0.2, 0.25) is 0 Å². The molecule has 0 aromatic carbocycles. The SMILES string of the molecule is NC(=O)OCCNc1ncc([N+](=O)[O-])cc1Br. The molecule has 0 saturated carbocycles. The van der Waals surface area contributed by atoms with E-state index in [2.05, 4.69) is 31.0 Å². The van der Waals surface area contributed by atoms with E-state index in [4.69, 9.17) is 5.73 Å². The van der Waals surface area contributed by atoms with E-state index < -0.39 is 11.0 Å². The van der Waals surface area contributed by atoms with Gasteiger partial charge in [0.05, 0.1) is 15.9 Å². The number of hydrogen-bond donors (Lipinski definition) is 2. The molecular formula is C8H9BrN4O4. The summed E-state index contributed by atoms with van der Waals surface area (Å²) in [6.45, 7) is 0.382. The van der Waals surface area contributed by atoms with Crippen LogP contribution in [0.25, 0.3) is 0 Å². The molecule has 1 aromatic heterocycles. The lowest BCUT2D eigenvalue weighted by Crippen LogP contribution is -2.18. The molecule has 0 aliphatic rings. The Morgan fingerprint density at radius 2 is 2.41 bits per heavy atom. The Labute approximate surface area is 104 Å². The normalized spacial score (nSPS) is 9.71. The van der Waals surface area contributed by atoms with Crippen LogP contribution in [0.15, 0.2) is 16.7 Å². The maximum Gasteiger partial charge on any atom is 0.404 e. The topological polar surface area (TPSA) is 120 Å². The molecule has 0 fully saturated rings. The van der Waals surface area contributed by atoms with Gasteiger partial charge in [-0.25, -0.2) is 9.78 Å². The molecule has 0 unspecified atom stereocenters. The number of nitrogens with zero attached hydrogens (tertiary/aromatic N) is 2. The molecule has 0 atom stereocenters. The molecule has 1 amide bonds. The number of ether oxygens (including phenoxy) is 1. The average molecular weight is 305 g/mol. The van der Waals surface area contributed by atoms with Gasteiger partial charge in [0.2, 0.25) is 0 Å². The number of pyridine rings is 1. The van der Waals surface area contributed by atoms with Crippen LogP contribution in [0.4, 0.5) is 16.3 Å². The van der Waals surface area contributed by atoms with Gasteiger partial charge in [-0.05, 0) is 15.9 Å². The van der Waals surface area contributed by atoms with E-state index in [-0.39, 0.29) is 12.3 Å². The fraction of sp³-hybridized carbons (Fsp3) is 0.250. The highest BCUT2D eigenvalue weighted by atomic mass is 79.9. The highest BCUT2D eigenvalue weighted by Crippen LogP contribution is 2.23. The number of carbonyl (C=O) groups excluding carboxylic acids is 1. The van der Waals surface area contributed by atoms with E-state index in [1.54, 1.807) is 0 Å². The number of carbonyl (C=O) groups is 1. The van der Waals surface area contributed by atoms with Crippen LogP contribution in [-0.4, -0.2) is 29.2 Å². The molecule has 1 heterocycles. The van der Waals surface area contributed by atoms with Gasteiger partial charge < -0.3 is 15.8 Å². The van der Waals surface area contributed by atoms with Gasteiger partial charge in [0.15, 0.2) is 0 Å². The average Bonchev–Trinajstić information content (AvgIpc) is 2.25. The van der Waals surface area contributed by atoms with Crippen LogP contribution in [0.5, 0.6) is 0 Å². The second-order valence-electron chi connectivity index (χ2n) is 2.88. The molecule has 0 radical (unpaired) electrons. The molecule has 9 heteroatoms. The quantitative estimate of drug-likeness (QED) is 0.480. The van der Waals surface area contributed by atoms with Gasteiger partial charge in [0, 0.05) is 6.07 Å². The maximum atomic E-state index is 10.5. The molecule has 1 rings (SSSR count). The first-order valence-corrected chi connectivity index (χ1v) is 5.26. The van der Waals surface area contributed by atoms with E-state index in [0.29, 0.717) is 16.8 Å². The maximum absolute atomic E-state index is 10.5. The third-order valence-corrected chi connectivity index (χ3v) is 2.28. The van der Waals surface area contributed by atoms with Crippen molar-refractivity contribution in [1.29, 1.82) is 0 Å². The second kappa shape index (κ2) is 5.99. The fourth-order valence-corrected chi connectivity index (χ4v) is 1.46. The van der Waals surface area contributed by atoms with Crippen LogP contribution in [-0.2, 0) is 4.74 Å². The van der Waals surface area contributed by atoms with Crippen LogP contribution in [0, 0.1) is 10.1 Å². The van der Waals surface area contributed by atoms with Crippen LogP contribution < -0.4 is 11.1 Å². The first-order valence-electron chi connectivity index (χ1n) is 4.46. The minimum absolute atomic E-state index is 0.0838. The molecule has 0 aliphatic heterocycles. The van der Waals surface area contributed by atoms with Crippen LogP contribution >= 0.6 is 15.9 Å². The lowest BCUT2D eigenvalue weighted by Gasteiger charge is -2.06. The summed E-state index contributed by atoms with van der Waals surface area (Å²) in [6, 6.07) is 1.32. The Balaban J connectivity index is 2.54. The highest BCUT2D eigenvalue weighted by molar-refractivity contribution is 9.10. The number of anilines is 1. The third kappa shape index (κ3) is 4.23. The zero-order valence-corrected chi connectivity index (χ0v) is 10.1. The van der Waals surface area contributed by atoms with Gasteiger partial charge in [-0.2, -0.15) is 0 Å². The molecule has 0 saturated heterocycles. The van der Waals surface area contributed by atoms with Gasteiger partial charge in [-0.15, -0.1) is 0 Å². The van der Waals surface area contributed by atoms with Crippen molar-refractivity contribution in [2.45, 2.75) is 0 Å². The molecular weight excluding hydrogens is 296 g/mol. The number of aromatic nitrogens is 1. The van der Waals surface area contributed by atoms with Gasteiger partial charge in [0.1, 0.15) is 18.6 Å². The van der Waals surface area contributed by atoms with E-state index in [9.17, 15) is 14.9 Å². The number of nitrogens with two attached hydrogens (primary N) is 1. The first-order chi connectivity index (χ1) is 8.00. The smallest absolute Gasteiger partial charge is 0.404 e. The highest BCUT2D eigenvalue weighted by Gasteiger charge is 2.10. The van der Waals surface area contributed by atoms with E-state index >= 15 is 0 Å². The van der Waals surface area contributed by atoms with Crippen molar-refractivity contribution < 1.29 is 14.5 Å². The number of nitro groups is 1. The zero-order valence-electron chi connectivity index (χ0n) is 8.55. The summed E-state index contributed by atoms with van der Waals surface area (Å²) in [4.78, 5) is 24.0. The van der Waals surface area contributed by atoms with Crippen LogP contribution in [0.1, 0.15) is 0 Å². The Morgan fingerprint density at radius 1 is 1.71 bits per heavy atom. The Hall–Kier alpha value is -1.90. The Bertz CT molecular complexity index is 440. The van der Waals surface area contributed by atoms with Crippen molar-refractivity contribution in [3.05, 3.63) is 26.9 Å². The molecule has 0 spiro atoms. The molecule has 0 bridgehead atoms. The van der Waals surface area contributed by atoms with E-state index in [1.165, 1.54) is 6.07 Å². The first kappa shape index (κ1) is 13.2. The van der Waals surface area contributed by atoms with Crippen molar-refractivity contribution in [3.63, 3.8) is 0 Å². The van der Waals surface area contributed by atoms with Crippen molar-refractivity contribution in [1.82, 2.24) is 4.98 Å². The third-order valence-electron chi connectivity index (χ3n) is 1.68. The second-order valence-corrected chi connectivity index (χ2v) is 3.73. The lowest BCUT2D eigenvalue weighted by atomic mass is 10.4. The van der Waals surface area contributed by atoms with E-state index in [0.717, 1.165) is 6.20 Å². The fourth-order valence-electron chi connectivity index (χ4n) is 0.979. The summed E-state index contributed by atoms with van der Waals surface area (Å²) >= 11 is 3.13. The summed E-state index contributed by atoms with van der Waals surface area (Å²) in [5.41, 5.74) is 4.65. The molecule has 17 heavy (non-hydrogen) atoms. The molecule has 92 valence electrons. The Morgan fingerprint density at radius 3 is 2.94 bits per heavy atom. The van der Waals surface area contributed by atoms with E-state index in [1.807, 2.05) is 0 Å². The minimum Gasteiger partial charge on any atom is -0.448 e. The van der Waals surface area contributed by atoms with Crippen molar-refractivity contribution in [2.75, 3.05) is 18.5 Å². The van der Waals surface area contributed by atoms with Crippen LogP contribution in [0.3, 0.4) is 0 Å². The molecule has 0 aliphatic carbocycles. The number of nitrogens with one attached hydrogen (secondary N) is 1. The largest absolute Gasteiger partial charge is 0.448 e. The van der Waals surface area contributed by atoms with Gasteiger partial charge >= 0.3 is 6.09 Å². The standard InChI is InChI=1S/C8H9BrN4O4/c9-6-3-5(13(15)16)4-12-7(6)11-1-2-17-8(10)14/h3-4H,1-2H2,(H2,10,14)(H,11,12). The monoisotopic (exact) mass is 304 g/mol. The number of halogens is 1. The summed E-state index contributed by atoms with van der Waals surface area (Å²) in [6.07, 6.45) is 0.268. The Kier molecular flexibility index (Phi) is 4.64. The van der Waals surface area contributed by atoms with Gasteiger partial charge in [-0.1, -0.05) is 0 Å². The summed E-state index contributed by atoms with van der Waals surface area (Å²) < 4.78 is 4.94. The van der Waals surface area contributed by atoms with Crippen molar-refractivity contribution in [2.24, 2.45) is 5.73 Å². The number of hydrogen-bond acceptors (Lipinski definition) is 6. The van der Waals surface area contributed by atoms with Crippen molar-refractivity contribution >= 4 is 33.5 Å². The minimum atomic E-state index is -0.859. The van der Waals surface area contributed by atoms with Gasteiger partial charge in [0.25, 0.3) is 5.69 Å². The zero-order chi connectivity index (χ0) is 12.8. The molecule has 3 N–H and O–H groups in total.